The zero-order chi connectivity index (χ0) is 14.0. The first-order valence-corrected chi connectivity index (χ1v) is 7.03. The van der Waals surface area contributed by atoms with Crippen LogP contribution in [0, 0.1) is 0 Å². The largest absolute Gasteiger partial charge is 0.480 e. The molecule has 9 heteroatoms. The van der Waals surface area contributed by atoms with E-state index in [0.717, 1.165) is 0 Å². The van der Waals surface area contributed by atoms with E-state index < -0.39 is 40.4 Å². The molecule has 0 spiro atoms. The molecule has 1 fully saturated rings. The van der Waals surface area contributed by atoms with Crippen LogP contribution in [-0.2, 0) is 14.8 Å². The van der Waals surface area contributed by atoms with Crippen molar-refractivity contribution in [1.29, 1.82) is 0 Å². The van der Waals surface area contributed by atoms with Crippen molar-refractivity contribution >= 4 is 16.0 Å². The molecule has 0 saturated carbocycles. The number of alkyl halides is 3. The summed E-state index contributed by atoms with van der Waals surface area (Å²) in [5.74, 6) is -2.41. The minimum atomic E-state index is -4.57. The molecule has 1 N–H and O–H groups in total. The lowest BCUT2D eigenvalue weighted by atomic mass is 10.1. The number of rotatable bonds is 4. The van der Waals surface area contributed by atoms with Gasteiger partial charge in [0.05, 0.1) is 12.2 Å². The maximum Gasteiger partial charge on any atom is 0.390 e. The fourth-order valence-corrected chi connectivity index (χ4v) is 3.56. The van der Waals surface area contributed by atoms with E-state index in [4.69, 9.17) is 5.11 Å². The third-order valence-corrected chi connectivity index (χ3v) is 4.61. The summed E-state index contributed by atoms with van der Waals surface area (Å²) in [5.41, 5.74) is 0. The monoisotopic (exact) mass is 289 g/mol. The van der Waals surface area contributed by atoms with Gasteiger partial charge in [0.15, 0.2) is 0 Å². The van der Waals surface area contributed by atoms with Gasteiger partial charge >= 0.3 is 12.1 Å². The molecule has 0 aromatic heterocycles. The number of carboxylic acid groups (broad SMARTS) is 1. The van der Waals surface area contributed by atoms with Gasteiger partial charge in [0, 0.05) is 6.54 Å². The first-order valence-electron chi connectivity index (χ1n) is 5.42. The highest BCUT2D eigenvalue weighted by Gasteiger charge is 2.39. The molecular formula is C9H14F3NO4S. The summed E-state index contributed by atoms with van der Waals surface area (Å²) in [4.78, 5) is 10.9. The van der Waals surface area contributed by atoms with Crippen LogP contribution in [0.5, 0.6) is 0 Å². The van der Waals surface area contributed by atoms with Crippen LogP contribution >= 0.6 is 0 Å². The standard InChI is InChI=1S/C9H14F3NO4S/c10-9(11,12)4-6-18(16,17)13-5-2-1-3-7(13)8(14)15/h7H,1-6H2,(H,14,15). The Bertz CT molecular complexity index is 407. The molecule has 5 nitrogen and oxygen atoms in total. The molecule has 0 aromatic carbocycles. The zero-order valence-corrected chi connectivity index (χ0v) is 10.3. The molecule has 18 heavy (non-hydrogen) atoms. The van der Waals surface area contributed by atoms with Crippen LogP contribution in [0.15, 0.2) is 0 Å². The van der Waals surface area contributed by atoms with Gasteiger partial charge in [-0.05, 0) is 19.3 Å². The van der Waals surface area contributed by atoms with E-state index in [2.05, 4.69) is 0 Å². The number of piperidine rings is 1. The molecule has 0 aromatic rings. The number of halogens is 3. The third kappa shape index (κ3) is 4.13. The maximum atomic E-state index is 12.0. The molecule has 1 saturated heterocycles. The Morgan fingerprint density at radius 2 is 1.94 bits per heavy atom. The second-order valence-corrected chi connectivity index (χ2v) is 6.18. The van der Waals surface area contributed by atoms with Crippen molar-refractivity contribution in [2.24, 2.45) is 0 Å². The number of nitrogens with zero attached hydrogens (tertiary/aromatic N) is 1. The average molecular weight is 289 g/mol. The van der Waals surface area contributed by atoms with E-state index in [9.17, 15) is 26.4 Å². The van der Waals surface area contributed by atoms with Crippen molar-refractivity contribution in [3.8, 4) is 0 Å². The number of hydrogen-bond acceptors (Lipinski definition) is 3. The Morgan fingerprint density at radius 1 is 1.33 bits per heavy atom. The topological polar surface area (TPSA) is 74.7 Å². The van der Waals surface area contributed by atoms with Gasteiger partial charge in [0.2, 0.25) is 10.0 Å². The lowest BCUT2D eigenvalue weighted by molar-refractivity contribution is -0.142. The van der Waals surface area contributed by atoms with Gasteiger partial charge in [-0.3, -0.25) is 4.79 Å². The highest BCUT2D eigenvalue weighted by molar-refractivity contribution is 7.89. The summed E-state index contributed by atoms with van der Waals surface area (Å²) in [7, 11) is -4.18. The second kappa shape index (κ2) is 5.43. The summed E-state index contributed by atoms with van der Waals surface area (Å²) >= 11 is 0. The van der Waals surface area contributed by atoms with Crippen LogP contribution in [0.3, 0.4) is 0 Å². The second-order valence-electron chi connectivity index (χ2n) is 4.14. The van der Waals surface area contributed by atoms with Gasteiger partial charge < -0.3 is 5.11 Å². The summed E-state index contributed by atoms with van der Waals surface area (Å²) in [6, 6.07) is -1.24. The number of carbonyl (C=O) groups is 1. The molecule has 1 aliphatic heterocycles. The lowest BCUT2D eigenvalue weighted by Crippen LogP contribution is -2.49. The van der Waals surface area contributed by atoms with E-state index in [0.29, 0.717) is 17.1 Å². The van der Waals surface area contributed by atoms with Gasteiger partial charge in [-0.2, -0.15) is 17.5 Å². The van der Waals surface area contributed by atoms with Crippen molar-refractivity contribution < 1.29 is 31.5 Å². The summed E-state index contributed by atoms with van der Waals surface area (Å²) < 4.78 is 60.1. The van der Waals surface area contributed by atoms with E-state index in [1.54, 1.807) is 0 Å². The van der Waals surface area contributed by atoms with E-state index in [1.807, 2.05) is 0 Å². The molecular weight excluding hydrogens is 275 g/mol. The fraction of sp³-hybridized carbons (Fsp3) is 0.889. The Morgan fingerprint density at radius 3 is 2.44 bits per heavy atom. The van der Waals surface area contributed by atoms with Crippen molar-refractivity contribution in [3.05, 3.63) is 0 Å². The predicted octanol–water partition coefficient (Wildman–Crippen LogP) is 1.21. The van der Waals surface area contributed by atoms with E-state index in [-0.39, 0.29) is 13.0 Å². The molecule has 0 amide bonds. The molecule has 0 radical (unpaired) electrons. The van der Waals surface area contributed by atoms with Gasteiger partial charge in [0.1, 0.15) is 6.04 Å². The van der Waals surface area contributed by atoms with Gasteiger partial charge in [-0.15, -0.1) is 0 Å². The molecule has 1 heterocycles. The quantitative estimate of drug-likeness (QED) is 0.844. The lowest BCUT2D eigenvalue weighted by Gasteiger charge is -2.31. The SMILES string of the molecule is O=C(O)C1CCCCN1S(=O)(=O)CCC(F)(F)F. The van der Waals surface area contributed by atoms with Crippen LogP contribution in [-0.4, -0.2) is 48.3 Å². The predicted molar refractivity (Wildman–Crippen MR) is 56.4 cm³/mol. The third-order valence-electron chi connectivity index (χ3n) is 2.74. The number of sulfonamides is 1. The van der Waals surface area contributed by atoms with Crippen molar-refractivity contribution in [2.75, 3.05) is 12.3 Å². The van der Waals surface area contributed by atoms with Crippen LogP contribution in [0.4, 0.5) is 13.2 Å². The molecule has 1 rings (SSSR count). The summed E-state index contributed by atoms with van der Waals surface area (Å²) in [6.45, 7) is -0.0306. The molecule has 106 valence electrons. The number of aliphatic carboxylic acids is 1. The molecule has 0 bridgehead atoms. The summed E-state index contributed by atoms with van der Waals surface area (Å²) in [6.07, 6.45) is -4.86. The fourth-order valence-electron chi connectivity index (χ4n) is 1.85. The molecule has 1 unspecified atom stereocenters. The van der Waals surface area contributed by atoms with Gasteiger partial charge in [-0.25, -0.2) is 8.42 Å². The van der Waals surface area contributed by atoms with Crippen LogP contribution in [0.2, 0.25) is 0 Å². The van der Waals surface area contributed by atoms with Gasteiger partial charge in [-0.1, -0.05) is 0 Å². The summed E-state index contributed by atoms with van der Waals surface area (Å²) in [5, 5.41) is 8.87. The van der Waals surface area contributed by atoms with E-state index in [1.165, 1.54) is 0 Å². The van der Waals surface area contributed by atoms with Gasteiger partial charge in [0.25, 0.3) is 0 Å². The Balaban J connectivity index is 2.78. The maximum absolute atomic E-state index is 12.0. The Kier molecular flexibility index (Phi) is 4.60. The first-order chi connectivity index (χ1) is 8.13. The Hall–Kier alpha value is -0.830. The first kappa shape index (κ1) is 15.2. The Labute approximate surface area is 103 Å². The highest BCUT2D eigenvalue weighted by Crippen LogP contribution is 2.25. The van der Waals surface area contributed by atoms with Crippen molar-refractivity contribution in [1.82, 2.24) is 4.31 Å². The zero-order valence-electron chi connectivity index (χ0n) is 9.48. The molecule has 1 atom stereocenters. The van der Waals surface area contributed by atoms with Crippen molar-refractivity contribution in [3.63, 3.8) is 0 Å². The number of hydrogen-bond donors (Lipinski definition) is 1. The average Bonchev–Trinajstić information content (AvgIpc) is 2.26. The minimum absolute atomic E-state index is 0.0306. The van der Waals surface area contributed by atoms with Crippen molar-refractivity contribution in [2.45, 2.75) is 37.9 Å². The molecule has 1 aliphatic rings. The smallest absolute Gasteiger partial charge is 0.390 e. The van der Waals surface area contributed by atoms with E-state index >= 15 is 0 Å². The molecule has 0 aliphatic carbocycles. The normalized spacial score (nSPS) is 22.9. The number of carboxylic acids is 1. The highest BCUT2D eigenvalue weighted by atomic mass is 32.2. The van der Waals surface area contributed by atoms with Crippen LogP contribution < -0.4 is 0 Å². The van der Waals surface area contributed by atoms with Crippen LogP contribution in [0.25, 0.3) is 0 Å². The minimum Gasteiger partial charge on any atom is -0.480 e. The van der Waals surface area contributed by atoms with Crippen LogP contribution in [0.1, 0.15) is 25.7 Å².